The SMILES string of the molecule is COc1ccc(O)c(C(=O)Nc2cc(-c3ccccc3OC)ccc2C(C)=O)c1. The van der Waals surface area contributed by atoms with Crippen LogP contribution in [0.15, 0.2) is 60.7 Å². The molecule has 3 aromatic carbocycles. The smallest absolute Gasteiger partial charge is 0.259 e. The summed E-state index contributed by atoms with van der Waals surface area (Å²) in [5, 5.41) is 12.8. The molecule has 0 saturated heterocycles. The van der Waals surface area contributed by atoms with Crippen molar-refractivity contribution in [3.63, 3.8) is 0 Å². The van der Waals surface area contributed by atoms with Crippen molar-refractivity contribution in [2.45, 2.75) is 6.92 Å². The maximum atomic E-state index is 12.8. The normalized spacial score (nSPS) is 10.3. The van der Waals surface area contributed by atoms with E-state index in [1.165, 1.54) is 26.2 Å². The Morgan fingerprint density at radius 2 is 1.66 bits per heavy atom. The number of rotatable bonds is 6. The largest absolute Gasteiger partial charge is 0.507 e. The molecule has 0 saturated carbocycles. The van der Waals surface area contributed by atoms with Crippen LogP contribution in [-0.4, -0.2) is 31.0 Å². The van der Waals surface area contributed by atoms with E-state index in [0.29, 0.717) is 22.7 Å². The van der Waals surface area contributed by atoms with E-state index in [0.717, 1.165) is 11.1 Å². The van der Waals surface area contributed by atoms with Crippen molar-refractivity contribution in [1.82, 2.24) is 0 Å². The first kappa shape index (κ1) is 19.9. The molecule has 6 nitrogen and oxygen atoms in total. The number of ether oxygens (including phenoxy) is 2. The van der Waals surface area contributed by atoms with Gasteiger partial charge < -0.3 is 19.9 Å². The van der Waals surface area contributed by atoms with Gasteiger partial charge in [-0.1, -0.05) is 24.3 Å². The Morgan fingerprint density at radius 3 is 2.34 bits per heavy atom. The molecule has 0 aliphatic rings. The zero-order valence-electron chi connectivity index (χ0n) is 16.4. The number of methoxy groups -OCH3 is 2. The summed E-state index contributed by atoms with van der Waals surface area (Å²) >= 11 is 0. The van der Waals surface area contributed by atoms with Crippen LogP contribution in [0.2, 0.25) is 0 Å². The number of phenolic OH excluding ortho intramolecular Hbond substituents is 1. The number of nitrogens with one attached hydrogen (secondary N) is 1. The maximum absolute atomic E-state index is 12.8. The number of carbonyl (C=O) groups excluding carboxylic acids is 2. The van der Waals surface area contributed by atoms with E-state index in [2.05, 4.69) is 5.32 Å². The second kappa shape index (κ2) is 8.48. The van der Waals surface area contributed by atoms with Crippen LogP contribution in [0.3, 0.4) is 0 Å². The van der Waals surface area contributed by atoms with Gasteiger partial charge in [-0.2, -0.15) is 0 Å². The highest BCUT2D eigenvalue weighted by atomic mass is 16.5. The summed E-state index contributed by atoms with van der Waals surface area (Å²) in [6.07, 6.45) is 0. The molecule has 148 valence electrons. The summed E-state index contributed by atoms with van der Waals surface area (Å²) in [6, 6.07) is 17.0. The van der Waals surface area contributed by atoms with Gasteiger partial charge >= 0.3 is 0 Å². The number of amides is 1. The predicted molar refractivity (Wildman–Crippen MR) is 111 cm³/mol. The highest BCUT2D eigenvalue weighted by Gasteiger charge is 2.17. The minimum Gasteiger partial charge on any atom is -0.507 e. The molecule has 0 spiro atoms. The molecule has 0 aliphatic heterocycles. The van der Waals surface area contributed by atoms with Crippen LogP contribution in [0.1, 0.15) is 27.6 Å². The lowest BCUT2D eigenvalue weighted by atomic mass is 9.99. The summed E-state index contributed by atoms with van der Waals surface area (Å²) in [4.78, 5) is 24.9. The minimum absolute atomic E-state index is 0.0431. The number of benzene rings is 3. The van der Waals surface area contributed by atoms with Crippen LogP contribution in [0, 0.1) is 0 Å². The van der Waals surface area contributed by atoms with Crippen LogP contribution >= 0.6 is 0 Å². The fraction of sp³-hybridized carbons (Fsp3) is 0.130. The van der Waals surface area contributed by atoms with E-state index in [4.69, 9.17) is 9.47 Å². The maximum Gasteiger partial charge on any atom is 0.259 e. The topological polar surface area (TPSA) is 84.9 Å². The molecule has 3 aromatic rings. The van der Waals surface area contributed by atoms with Crippen LogP contribution < -0.4 is 14.8 Å². The first-order valence-electron chi connectivity index (χ1n) is 8.91. The molecule has 3 rings (SSSR count). The van der Waals surface area contributed by atoms with Gasteiger partial charge in [-0.05, 0) is 48.9 Å². The number of hydrogen-bond donors (Lipinski definition) is 2. The Morgan fingerprint density at radius 1 is 0.897 bits per heavy atom. The van der Waals surface area contributed by atoms with Crippen molar-refractivity contribution in [1.29, 1.82) is 0 Å². The van der Waals surface area contributed by atoms with Crippen molar-refractivity contribution in [2.75, 3.05) is 19.5 Å². The van der Waals surface area contributed by atoms with Crippen molar-refractivity contribution >= 4 is 17.4 Å². The zero-order chi connectivity index (χ0) is 21.0. The lowest BCUT2D eigenvalue weighted by Crippen LogP contribution is -2.15. The number of carbonyl (C=O) groups is 2. The second-order valence-corrected chi connectivity index (χ2v) is 6.35. The van der Waals surface area contributed by atoms with E-state index < -0.39 is 5.91 Å². The Balaban J connectivity index is 2.03. The predicted octanol–water partition coefficient (Wildman–Crippen LogP) is 4.53. The lowest BCUT2D eigenvalue weighted by Gasteiger charge is -2.14. The van der Waals surface area contributed by atoms with E-state index in [9.17, 15) is 14.7 Å². The first-order valence-corrected chi connectivity index (χ1v) is 8.91. The molecule has 2 N–H and O–H groups in total. The summed E-state index contributed by atoms with van der Waals surface area (Å²) in [6.45, 7) is 1.43. The number of hydrogen-bond acceptors (Lipinski definition) is 5. The molecule has 0 aromatic heterocycles. The molecule has 0 atom stereocenters. The van der Waals surface area contributed by atoms with Gasteiger partial charge in [0, 0.05) is 11.1 Å². The Bertz CT molecular complexity index is 1070. The molecule has 6 heteroatoms. The van der Waals surface area contributed by atoms with Crippen LogP contribution in [-0.2, 0) is 0 Å². The van der Waals surface area contributed by atoms with Gasteiger partial charge in [-0.25, -0.2) is 0 Å². The van der Waals surface area contributed by atoms with Gasteiger partial charge in [-0.3, -0.25) is 9.59 Å². The number of Topliss-reactive ketones (excluding diaryl/α,β-unsaturated/α-hetero) is 1. The molecule has 0 heterocycles. The van der Waals surface area contributed by atoms with Gasteiger partial charge in [0.05, 0.1) is 25.5 Å². The first-order chi connectivity index (χ1) is 13.9. The van der Waals surface area contributed by atoms with Gasteiger partial charge in [0.15, 0.2) is 5.78 Å². The quantitative estimate of drug-likeness (QED) is 0.603. The monoisotopic (exact) mass is 391 g/mol. The number of phenols is 1. The van der Waals surface area contributed by atoms with E-state index in [1.54, 1.807) is 31.4 Å². The van der Waals surface area contributed by atoms with Crippen molar-refractivity contribution in [2.24, 2.45) is 0 Å². The molecule has 0 fully saturated rings. The third-order valence-corrected chi connectivity index (χ3v) is 4.51. The molecule has 29 heavy (non-hydrogen) atoms. The molecular weight excluding hydrogens is 370 g/mol. The number of ketones is 1. The van der Waals surface area contributed by atoms with Crippen LogP contribution in [0.25, 0.3) is 11.1 Å². The van der Waals surface area contributed by atoms with Gasteiger partial charge in [0.1, 0.15) is 17.2 Å². The average Bonchev–Trinajstić information content (AvgIpc) is 2.73. The van der Waals surface area contributed by atoms with Crippen LogP contribution in [0.4, 0.5) is 5.69 Å². The van der Waals surface area contributed by atoms with Gasteiger partial charge in [0.2, 0.25) is 0 Å². The fourth-order valence-corrected chi connectivity index (χ4v) is 3.02. The lowest BCUT2D eigenvalue weighted by molar-refractivity contribution is 0.101. The van der Waals surface area contributed by atoms with Crippen LogP contribution in [0.5, 0.6) is 17.2 Å². The minimum atomic E-state index is -0.555. The second-order valence-electron chi connectivity index (χ2n) is 6.35. The van der Waals surface area contributed by atoms with E-state index in [-0.39, 0.29) is 17.1 Å². The molecule has 0 bridgehead atoms. The summed E-state index contributed by atoms with van der Waals surface area (Å²) in [5.41, 5.74) is 2.34. The number of aromatic hydroxyl groups is 1. The molecule has 0 unspecified atom stereocenters. The third kappa shape index (κ3) is 4.21. The highest BCUT2D eigenvalue weighted by Crippen LogP contribution is 2.33. The highest BCUT2D eigenvalue weighted by molar-refractivity contribution is 6.10. The molecule has 0 aliphatic carbocycles. The Kier molecular flexibility index (Phi) is 5.83. The van der Waals surface area contributed by atoms with Crippen molar-refractivity contribution < 1.29 is 24.2 Å². The molecule has 1 amide bonds. The average molecular weight is 391 g/mol. The van der Waals surface area contributed by atoms with E-state index >= 15 is 0 Å². The summed E-state index contributed by atoms with van der Waals surface area (Å²) in [5.74, 6) is 0.171. The standard InChI is InChI=1S/C23H21NO5/c1-14(25)17-10-8-15(18-6-4-5-7-22(18)29-3)12-20(17)24-23(27)19-13-16(28-2)9-11-21(19)26/h4-13,26H,1-3H3,(H,24,27). The third-order valence-electron chi connectivity index (χ3n) is 4.51. The zero-order valence-corrected chi connectivity index (χ0v) is 16.4. The summed E-state index contributed by atoms with van der Waals surface area (Å²) < 4.78 is 10.5. The van der Waals surface area contributed by atoms with E-state index in [1.807, 2.05) is 24.3 Å². The number of para-hydroxylation sites is 1. The summed E-state index contributed by atoms with van der Waals surface area (Å²) in [7, 11) is 3.05. The van der Waals surface area contributed by atoms with Crippen molar-refractivity contribution in [3.05, 3.63) is 71.8 Å². The number of anilines is 1. The van der Waals surface area contributed by atoms with Crippen molar-refractivity contribution in [3.8, 4) is 28.4 Å². The Labute approximate surface area is 168 Å². The molecule has 0 radical (unpaired) electrons. The Hall–Kier alpha value is -3.80. The molecular formula is C23H21NO5. The van der Waals surface area contributed by atoms with Gasteiger partial charge in [-0.15, -0.1) is 0 Å². The van der Waals surface area contributed by atoms with Gasteiger partial charge in [0.25, 0.3) is 5.91 Å². The fourth-order valence-electron chi connectivity index (χ4n) is 3.02.